The van der Waals surface area contributed by atoms with Crippen LogP contribution in [0.25, 0.3) is 16.7 Å². The highest BCUT2D eigenvalue weighted by Crippen LogP contribution is 2.27. The number of Topliss-reactive ketones (excluding diaryl/α,β-unsaturated/α-hetero) is 1. The van der Waals surface area contributed by atoms with E-state index in [2.05, 4.69) is 0 Å². The summed E-state index contributed by atoms with van der Waals surface area (Å²) in [6, 6.07) is 21.1. The van der Waals surface area contributed by atoms with E-state index in [1.807, 2.05) is 36.4 Å². The molecule has 0 bridgehead atoms. The zero-order valence-electron chi connectivity index (χ0n) is 17.3. The van der Waals surface area contributed by atoms with E-state index < -0.39 is 5.97 Å². The number of benzene rings is 3. The van der Waals surface area contributed by atoms with Gasteiger partial charge in [-0.05, 0) is 53.0 Å². The van der Waals surface area contributed by atoms with Crippen LogP contribution in [0.15, 0.2) is 103 Å². The number of carboxylic acid groups (broad SMARTS) is 1. The van der Waals surface area contributed by atoms with Crippen molar-refractivity contribution in [2.75, 3.05) is 0 Å². The second kappa shape index (κ2) is 9.40. The van der Waals surface area contributed by atoms with Crippen LogP contribution in [-0.2, 0) is 11.2 Å². The Labute approximate surface area is 185 Å². The van der Waals surface area contributed by atoms with Crippen LogP contribution in [0.2, 0.25) is 0 Å². The summed E-state index contributed by atoms with van der Waals surface area (Å²) in [4.78, 5) is 24.9. The van der Waals surface area contributed by atoms with E-state index in [1.54, 1.807) is 48.6 Å². The Morgan fingerprint density at radius 2 is 1.66 bits per heavy atom. The fourth-order valence-electron chi connectivity index (χ4n) is 3.76. The highest BCUT2D eigenvalue weighted by molar-refractivity contribution is 6.03. The first-order chi connectivity index (χ1) is 15.5. The third kappa shape index (κ3) is 4.65. The first kappa shape index (κ1) is 21.2. The quantitative estimate of drug-likeness (QED) is 0.507. The average Bonchev–Trinajstić information content (AvgIpc) is 3.06. The SMILES string of the molecule is O=C(Cc1cc(-c2ccccc2)ccc1C(=O)O)C1=CCC=CC(c2ccccc2F)=C1. The van der Waals surface area contributed by atoms with Crippen LogP contribution in [0.4, 0.5) is 4.39 Å². The lowest BCUT2D eigenvalue weighted by atomic mass is 9.93. The van der Waals surface area contributed by atoms with E-state index in [-0.39, 0.29) is 23.6 Å². The Balaban J connectivity index is 1.67. The van der Waals surface area contributed by atoms with Crippen LogP contribution in [0.1, 0.15) is 27.9 Å². The highest BCUT2D eigenvalue weighted by atomic mass is 19.1. The molecule has 1 N–H and O–H groups in total. The minimum atomic E-state index is -1.08. The van der Waals surface area contributed by atoms with Crippen LogP contribution in [-0.4, -0.2) is 16.9 Å². The number of carboxylic acids is 1. The topological polar surface area (TPSA) is 54.4 Å². The molecule has 0 atom stereocenters. The van der Waals surface area contributed by atoms with Crippen molar-refractivity contribution in [1.29, 1.82) is 0 Å². The molecule has 3 aromatic carbocycles. The smallest absolute Gasteiger partial charge is 0.335 e. The lowest BCUT2D eigenvalue weighted by Crippen LogP contribution is -2.10. The number of aromatic carboxylic acids is 1. The molecule has 1 aliphatic carbocycles. The molecular weight excluding hydrogens is 403 g/mol. The molecule has 0 fully saturated rings. The molecule has 4 rings (SSSR count). The Kier molecular flexibility index (Phi) is 6.22. The molecule has 0 radical (unpaired) electrons. The van der Waals surface area contributed by atoms with Crippen molar-refractivity contribution in [1.82, 2.24) is 0 Å². The number of ketones is 1. The number of carbonyl (C=O) groups is 2. The maximum absolute atomic E-state index is 14.3. The molecule has 0 saturated heterocycles. The van der Waals surface area contributed by atoms with Gasteiger partial charge < -0.3 is 5.11 Å². The van der Waals surface area contributed by atoms with Crippen LogP contribution in [0.5, 0.6) is 0 Å². The summed E-state index contributed by atoms with van der Waals surface area (Å²) in [6.07, 6.45) is 7.60. The van der Waals surface area contributed by atoms with Gasteiger partial charge in [-0.25, -0.2) is 9.18 Å². The number of halogens is 1. The summed E-state index contributed by atoms with van der Waals surface area (Å²) >= 11 is 0. The molecule has 0 spiro atoms. The zero-order chi connectivity index (χ0) is 22.5. The summed E-state index contributed by atoms with van der Waals surface area (Å²) in [6.45, 7) is 0. The minimum absolute atomic E-state index is 0.0603. The molecule has 0 unspecified atom stereocenters. The van der Waals surface area contributed by atoms with Gasteiger partial charge in [-0.3, -0.25) is 4.79 Å². The molecule has 4 heteroatoms. The van der Waals surface area contributed by atoms with Crippen LogP contribution in [0, 0.1) is 5.82 Å². The van der Waals surface area contributed by atoms with Gasteiger partial charge in [0.05, 0.1) is 5.56 Å². The standard InChI is InChI=1S/C28H21FO3/c29-26-13-7-6-12-24(26)21-10-4-5-11-22(17-21)27(30)18-23-16-20(14-15-25(23)28(31)32)19-8-2-1-3-9-19/h1-4,6-17H,5,18H2,(H,31,32). The van der Waals surface area contributed by atoms with Gasteiger partial charge in [0.1, 0.15) is 5.82 Å². The first-order valence-electron chi connectivity index (χ1n) is 10.3. The number of hydrogen-bond acceptors (Lipinski definition) is 2. The van der Waals surface area contributed by atoms with Gasteiger partial charge in [-0.2, -0.15) is 0 Å². The second-order valence-corrected chi connectivity index (χ2v) is 7.52. The van der Waals surface area contributed by atoms with Crippen molar-refractivity contribution in [3.8, 4) is 11.1 Å². The molecular formula is C28H21FO3. The predicted molar refractivity (Wildman–Crippen MR) is 124 cm³/mol. The maximum Gasteiger partial charge on any atom is 0.335 e. The summed E-state index contributed by atoms with van der Waals surface area (Å²) in [5.74, 6) is -1.65. The Bertz CT molecular complexity index is 1270. The summed E-state index contributed by atoms with van der Waals surface area (Å²) < 4.78 is 14.3. The molecule has 3 aromatic rings. The second-order valence-electron chi connectivity index (χ2n) is 7.52. The predicted octanol–water partition coefficient (Wildman–Crippen LogP) is 6.27. The van der Waals surface area contributed by atoms with E-state index >= 15 is 0 Å². The monoisotopic (exact) mass is 424 g/mol. The third-order valence-corrected chi connectivity index (χ3v) is 5.38. The van der Waals surface area contributed by atoms with Crippen molar-refractivity contribution in [3.05, 3.63) is 125 Å². The van der Waals surface area contributed by atoms with Crippen molar-refractivity contribution in [3.63, 3.8) is 0 Å². The molecule has 0 saturated carbocycles. The highest BCUT2D eigenvalue weighted by Gasteiger charge is 2.18. The lowest BCUT2D eigenvalue weighted by Gasteiger charge is -2.10. The van der Waals surface area contributed by atoms with Crippen molar-refractivity contribution in [2.24, 2.45) is 0 Å². The molecule has 0 amide bonds. The Morgan fingerprint density at radius 3 is 2.41 bits per heavy atom. The Morgan fingerprint density at radius 1 is 0.906 bits per heavy atom. The zero-order valence-corrected chi connectivity index (χ0v) is 17.3. The van der Waals surface area contributed by atoms with Gasteiger partial charge in [0.15, 0.2) is 5.78 Å². The first-order valence-corrected chi connectivity index (χ1v) is 10.3. The fraction of sp³-hybridized carbons (Fsp3) is 0.0714. The molecule has 32 heavy (non-hydrogen) atoms. The Hall–Kier alpha value is -4.05. The van der Waals surface area contributed by atoms with E-state index in [1.165, 1.54) is 12.1 Å². The van der Waals surface area contributed by atoms with Crippen molar-refractivity contribution in [2.45, 2.75) is 12.8 Å². The normalized spacial score (nSPS) is 13.2. The van der Waals surface area contributed by atoms with Gasteiger partial charge in [-0.1, -0.05) is 72.8 Å². The fourth-order valence-corrected chi connectivity index (χ4v) is 3.76. The lowest BCUT2D eigenvalue weighted by molar-refractivity contribution is -0.114. The van der Waals surface area contributed by atoms with E-state index in [0.29, 0.717) is 28.7 Å². The molecule has 0 heterocycles. The number of allylic oxidation sites excluding steroid dienone is 6. The largest absolute Gasteiger partial charge is 0.478 e. The van der Waals surface area contributed by atoms with Gasteiger partial charge in [0, 0.05) is 17.6 Å². The van der Waals surface area contributed by atoms with Crippen molar-refractivity contribution < 1.29 is 19.1 Å². The third-order valence-electron chi connectivity index (χ3n) is 5.38. The van der Waals surface area contributed by atoms with Crippen molar-refractivity contribution >= 4 is 17.3 Å². The molecule has 158 valence electrons. The van der Waals surface area contributed by atoms with Gasteiger partial charge in [0.25, 0.3) is 0 Å². The number of carbonyl (C=O) groups excluding carboxylic acids is 1. The summed E-state index contributed by atoms with van der Waals surface area (Å²) in [5, 5.41) is 9.63. The molecule has 0 aromatic heterocycles. The van der Waals surface area contributed by atoms with Crippen LogP contribution in [0.3, 0.4) is 0 Å². The van der Waals surface area contributed by atoms with E-state index in [9.17, 15) is 19.1 Å². The van der Waals surface area contributed by atoms with Gasteiger partial charge >= 0.3 is 5.97 Å². The average molecular weight is 424 g/mol. The molecule has 3 nitrogen and oxygen atoms in total. The number of rotatable bonds is 6. The summed E-state index contributed by atoms with van der Waals surface area (Å²) in [5.41, 5.74) is 3.80. The van der Waals surface area contributed by atoms with Crippen LogP contribution < -0.4 is 0 Å². The van der Waals surface area contributed by atoms with E-state index in [4.69, 9.17) is 0 Å². The van der Waals surface area contributed by atoms with Gasteiger partial charge in [-0.15, -0.1) is 0 Å². The van der Waals surface area contributed by atoms with Gasteiger partial charge in [0.2, 0.25) is 0 Å². The molecule has 0 aliphatic heterocycles. The number of hydrogen-bond donors (Lipinski definition) is 1. The summed E-state index contributed by atoms with van der Waals surface area (Å²) in [7, 11) is 0. The minimum Gasteiger partial charge on any atom is -0.478 e. The maximum atomic E-state index is 14.3. The molecule has 1 aliphatic rings. The van der Waals surface area contributed by atoms with E-state index in [0.717, 1.165) is 11.1 Å². The van der Waals surface area contributed by atoms with Crippen LogP contribution >= 0.6 is 0 Å².